The van der Waals surface area contributed by atoms with Crippen molar-refractivity contribution in [2.45, 2.75) is 31.7 Å². The summed E-state index contributed by atoms with van der Waals surface area (Å²) in [7, 11) is 0. The number of rotatable bonds is 5. The van der Waals surface area contributed by atoms with Crippen LogP contribution in [0, 0.1) is 0 Å². The first kappa shape index (κ1) is 17.8. The lowest BCUT2D eigenvalue weighted by Crippen LogP contribution is -2.36. The minimum absolute atomic E-state index is 0.0822. The quantitative estimate of drug-likeness (QED) is 0.725. The smallest absolute Gasteiger partial charge is 0.270 e. The van der Waals surface area contributed by atoms with Crippen LogP contribution in [0.5, 0.6) is 0 Å². The van der Waals surface area contributed by atoms with Gasteiger partial charge in [0, 0.05) is 44.0 Å². The molecule has 0 saturated carbocycles. The second kappa shape index (κ2) is 7.66. The molecule has 1 amide bonds. The normalized spacial score (nSPS) is 18.6. The zero-order chi connectivity index (χ0) is 19.6. The number of aromatic nitrogens is 4. The largest absolute Gasteiger partial charge is 0.354 e. The average molecular weight is 388 g/mol. The summed E-state index contributed by atoms with van der Waals surface area (Å²) in [4.78, 5) is 28.6. The number of fused-ring (bicyclic) bond motifs is 1. The second-order valence-electron chi connectivity index (χ2n) is 7.68. The standard InChI is InChI=1S/C22H24N6O/c29-22-20-18(8-10-24-22)21(27-12-9-17(14-27)28-13-11-23-15-28)26-19(25-20)7-6-16-4-2-1-3-5-16/h1-5,11,13,15,17H,6-10,12,14H2,(H,24,29). The van der Waals surface area contributed by atoms with Gasteiger partial charge in [-0.15, -0.1) is 0 Å². The van der Waals surface area contributed by atoms with E-state index >= 15 is 0 Å². The SMILES string of the molecule is O=C1NCCc2c1nc(CCc1ccccc1)nc2N1CCC(n2ccnc2)C1. The number of anilines is 1. The van der Waals surface area contributed by atoms with Gasteiger partial charge in [-0.3, -0.25) is 4.79 Å². The van der Waals surface area contributed by atoms with Gasteiger partial charge in [-0.05, 0) is 24.8 Å². The van der Waals surface area contributed by atoms with Crippen LogP contribution in [-0.2, 0) is 19.3 Å². The predicted molar refractivity (Wildman–Crippen MR) is 110 cm³/mol. The van der Waals surface area contributed by atoms with Gasteiger partial charge in [-0.1, -0.05) is 30.3 Å². The Balaban J connectivity index is 1.44. The van der Waals surface area contributed by atoms with E-state index < -0.39 is 0 Å². The molecule has 1 aromatic carbocycles. The van der Waals surface area contributed by atoms with E-state index in [1.165, 1.54) is 5.56 Å². The molecule has 3 aromatic rings. The fourth-order valence-corrected chi connectivity index (χ4v) is 4.26. The number of hydrogen-bond donors (Lipinski definition) is 1. The summed E-state index contributed by atoms with van der Waals surface area (Å²) in [5.74, 6) is 1.60. The first-order valence-corrected chi connectivity index (χ1v) is 10.2. The lowest BCUT2D eigenvalue weighted by atomic mass is 10.0. The van der Waals surface area contributed by atoms with Crippen molar-refractivity contribution in [2.75, 3.05) is 24.5 Å². The molecule has 1 saturated heterocycles. The van der Waals surface area contributed by atoms with E-state index in [0.717, 1.165) is 56.0 Å². The molecule has 2 aliphatic heterocycles. The van der Waals surface area contributed by atoms with Crippen molar-refractivity contribution in [1.82, 2.24) is 24.8 Å². The summed E-state index contributed by atoms with van der Waals surface area (Å²) >= 11 is 0. The number of nitrogens with zero attached hydrogens (tertiary/aromatic N) is 5. The molecule has 1 unspecified atom stereocenters. The molecule has 4 heterocycles. The van der Waals surface area contributed by atoms with Gasteiger partial charge in [0.25, 0.3) is 5.91 Å². The van der Waals surface area contributed by atoms with Gasteiger partial charge in [0.05, 0.1) is 12.4 Å². The maximum absolute atomic E-state index is 12.5. The number of amides is 1. The minimum Gasteiger partial charge on any atom is -0.354 e. The lowest BCUT2D eigenvalue weighted by Gasteiger charge is -2.25. The van der Waals surface area contributed by atoms with Crippen LogP contribution in [0.25, 0.3) is 0 Å². The van der Waals surface area contributed by atoms with E-state index in [9.17, 15) is 4.79 Å². The van der Waals surface area contributed by atoms with Gasteiger partial charge in [0.15, 0.2) is 0 Å². The molecule has 0 radical (unpaired) electrons. The molecule has 1 N–H and O–H groups in total. The van der Waals surface area contributed by atoms with Gasteiger partial charge < -0.3 is 14.8 Å². The number of hydrogen-bond acceptors (Lipinski definition) is 5. The molecule has 29 heavy (non-hydrogen) atoms. The topological polar surface area (TPSA) is 75.9 Å². The molecule has 5 rings (SSSR count). The molecule has 7 heteroatoms. The Kier molecular flexibility index (Phi) is 4.71. The molecule has 0 bridgehead atoms. The first-order valence-electron chi connectivity index (χ1n) is 10.2. The molecular formula is C22H24N6O. The fourth-order valence-electron chi connectivity index (χ4n) is 4.26. The number of carbonyl (C=O) groups excluding carboxylic acids is 1. The number of imidazole rings is 1. The summed E-state index contributed by atoms with van der Waals surface area (Å²) in [6.45, 7) is 2.44. The third kappa shape index (κ3) is 3.60. The first-order chi connectivity index (χ1) is 14.3. The summed E-state index contributed by atoms with van der Waals surface area (Å²) in [6.07, 6.45) is 9.11. The molecule has 0 aliphatic carbocycles. The Morgan fingerprint density at radius 3 is 2.86 bits per heavy atom. The monoisotopic (exact) mass is 388 g/mol. The summed E-state index contributed by atoms with van der Waals surface area (Å²) < 4.78 is 2.16. The van der Waals surface area contributed by atoms with Crippen LogP contribution in [0.1, 0.15) is 39.9 Å². The molecular weight excluding hydrogens is 364 g/mol. The number of carbonyl (C=O) groups is 1. The maximum atomic E-state index is 12.5. The van der Waals surface area contributed by atoms with Crippen LogP contribution in [0.4, 0.5) is 5.82 Å². The van der Waals surface area contributed by atoms with E-state index in [0.29, 0.717) is 18.3 Å². The highest BCUT2D eigenvalue weighted by Gasteiger charge is 2.30. The Hall–Kier alpha value is -3.22. The summed E-state index contributed by atoms with van der Waals surface area (Å²) in [6, 6.07) is 10.7. The number of aryl methyl sites for hydroxylation is 2. The minimum atomic E-state index is -0.0822. The van der Waals surface area contributed by atoms with Crippen molar-refractivity contribution in [2.24, 2.45) is 0 Å². The maximum Gasteiger partial charge on any atom is 0.270 e. The molecule has 1 atom stereocenters. The third-order valence-corrected chi connectivity index (χ3v) is 5.80. The Bertz CT molecular complexity index is 1000. The van der Waals surface area contributed by atoms with Crippen molar-refractivity contribution in [3.63, 3.8) is 0 Å². The van der Waals surface area contributed by atoms with Crippen molar-refractivity contribution >= 4 is 11.7 Å². The molecule has 1 fully saturated rings. The van der Waals surface area contributed by atoms with Crippen LogP contribution in [0.15, 0.2) is 49.1 Å². The summed E-state index contributed by atoms with van der Waals surface area (Å²) in [5, 5.41) is 2.93. The Morgan fingerprint density at radius 2 is 2.03 bits per heavy atom. The van der Waals surface area contributed by atoms with Crippen LogP contribution >= 0.6 is 0 Å². The van der Waals surface area contributed by atoms with E-state index in [4.69, 9.17) is 4.98 Å². The van der Waals surface area contributed by atoms with Crippen molar-refractivity contribution in [1.29, 1.82) is 0 Å². The highest BCUT2D eigenvalue weighted by molar-refractivity contribution is 5.96. The van der Waals surface area contributed by atoms with Crippen molar-refractivity contribution in [3.05, 3.63) is 71.7 Å². The highest BCUT2D eigenvalue weighted by Crippen LogP contribution is 2.30. The Labute approximate surface area is 169 Å². The van der Waals surface area contributed by atoms with Gasteiger partial charge in [-0.2, -0.15) is 0 Å². The average Bonchev–Trinajstić information content (AvgIpc) is 3.45. The van der Waals surface area contributed by atoms with Crippen LogP contribution in [-0.4, -0.2) is 45.1 Å². The zero-order valence-electron chi connectivity index (χ0n) is 16.3. The van der Waals surface area contributed by atoms with Crippen molar-refractivity contribution < 1.29 is 4.79 Å². The second-order valence-corrected chi connectivity index (χ2v) is 7.68. The Morgan fingerprint density at radius 1 is 1.14 bits per heavy atom. The van der Waals surface area contributed by atoms with Gasteiger partial charge in [-0.25, -0.2) is 15.0 Å². The van der Waals surface area contributed by atoms with Crippen LogP contribution < -0.4 is 10.2 Å². The lowest BCUT2D eigenvalue weighted by molar-refractivity contribution is 0.0940. The third-order valence-electron chi connectivity index (χ3n) is 5.80. The van der Waals surface area contributed by atoms with E-state index in [2.05, 4.69) is 36.9 Å². The molecule has 2 aromatic heterocycles. The zero-order valence-corrected chi connectivity index (χ0v) is 16.3. The van der Waals surface area contributed by atoms with Gasteiger partial charge in [0.1, 0.15) is 17.3 Å². The molecule has 0 spiro atoms. The number of nitrogens with one attached hydrogen (secondary N) is 1. The fraction of sp³-hybridized carbons (Fsp3) is 0.364. The number of benzene rings is 1. The van der Waals surface area contributed by atoms with Crippen LogP contribution in [0.3, 0.4) is 0 Å². The van der Waals surface area contributed by atoms with Crippen molar-refractivity contribution in [3.8, 4) is 0 Å². The highest BCUT2D eigenvalue weighted by atomic mass is 16.1. The van der Waals surface area contributed by atoms with Crippen LogP contribution in [0.2, 0.25) is 0 Å². The van der Waals surface area contributed by atoms with Gasteiger partial charge >= 0.3 is 0 Å². The van der Waals surface area contributed by atoms with Gasteiger partial charge in [0.2, 0.25) is 0 Å². The predicted octanol–water partition coefficient (Wildman–Crippen LogP) is 2.20. The van der Waals surface area contributed by atoms with E-state index in [-0.39, 0.29) is 5.91 Å². The molecule has 2 aliphatic rings. The van der Waals surface area contributed by atoms with E-state index in [1.807, 2.05) is 36.9 Å². The molecule has 7 nitrogen and oxygen atoms in total. The van der Waals surface area contributed by atoms with E-state index in [1.54, 1.807) is 0 Å². The summed E-state index contributed by atoms with van der Waals surface area (Å²) in [5.41, 5.74) is 2.79. The molecule has 148 valence electrons.